The van der Waals surface area contributed by atoms with Gasteiger partial charge in [0.05, 0.1) is 0 Å². The lowest BCUT2D eigenvalue weighted by Crippen LogP contribution is -2.00. The van der Waals surface area contributed by atoms with Crippen LogP contribution in [0.1, 0.15) is 0 Å². The van der Waals surface area contributed by atoms with Gasteiger partial charge in [-0.15, -0.1) is 0 Å². The molecule has 9 aromatic rings. The van der Waals surface area contributed by atoms with Crippen LogP contribution >= 0.6 is 0 Å². The summed E-state index contributed by atoms with van der Waals surface area (Å²) in [5.41, 5.74) is 6.76. The first-order chi connectivity index (χ1) is 22.3. The van der Waals surface area contributed by atoms with Gasteiger partial charge in [-0.2, -0.15) is 0 Å². The topological polar surface area (TPSA) is 51.8 Å². The van der Waals surface area contributed by atoms with Crippen molar-refractivity contribution < 1.29 is 4.42 Å². The summed E-state index contributed by atoms with van der Waals surface area (Å²) in [6.07, 6.45) is 0. The summed E-state index contributed by atoms with van der Waals surface area (Å²) in [5, 5.41) is 6.89. The molecule has 0 aliphatic heterocycles. The Balaban J connectivity index is 1.16. The van der Waals surface area contributed by atoms with Crippen LogP contribution in [0, 0.1) is 0 Å². The highest BCUT2D eigenvalue weighted by Gasteiger charge is 2.16. The molecule has 0 saturated carbocycles. The first kappa shape index (κ1) is 25.4. The Bertz CT molecular complexity index is 2530. The molecule has 9 rings (SSSR count). The predicted molar refractivity (Wildman–Crippen MR) is 184 cm³/mol. The lowest BCUT2D eigenvalue weighted by Gasteiger charge is -2.09. The van der Waals surface area contributed by atoms with E-state index in [9.17, 15) is 0 Å². The van der Waals surface area contributed by atoms with Gasteiger partial charge in [0.25, 0.3) is 0 Å². The van der Waals surface area contributed by atoms with Crippen molar-refractivity contribution in [2.45, 2.75) is 0 Å². The summed E-state index contributed by atoms with van der Waals surface area (Å²) in [6.45, 7) is 0. The number of benzene rings is 7. The fraction of sp³-hybridized carbons (Fsp3) is 0. The van der Waals surface area contributed by atoms with Crippen LogP contribution in [0.2, 0.25) is 0 Å². The Kier molecular flexibility index (Phi) is 5.78. The molecule has 0 atom stereocenters. The zero-order valence-corrected chi connectivity index (χ0v) is 24.2. The molecule has 7 aromatic carbocycles. The normalized spacial score (nSPS) is 11.6. The molecule has 0 fully saturated rings. The van der Waals surface area contributed by atoms with Gasteiger partial charge in [0.15, 0.2) is 17.5 Å². The average Bonchev–Trinajstić information content (AvgIpc) is 3.50. The third kappa shape index (κ3) is 4.43. The number of rotatable bonds is 4. The van der Waals surface area contributed by atoms with Gasteiger partial charge in [0.1, 0.15) is 11.2 Å². The number of nitrogens with zero attached hydrogens (tertiary/aromatic N) is 3. The molecule has 0 spiro atoms. The van der Waals surface area contributed by atoms with Crippen LogP contribution in [-0.4, -0.2) is 15.0 Å². The Labute approximate surface area is 259 Å². The molecule has 0 radical (unpaired) electrons. The van der Waals surface area contributed by atoms with Gasteiger partial charge < -0.3 is 4.42 Å². The van der Waals surface area contributed by atoms with Crippen LogP contribution in [0.15, 0.2) is 156 Å². The van der Waals surface area contributed by atoms with Gasteiger partial charge in [-0.05, 0) is 51.6 Å². The van der Waals surface area contributed by atoms with Crippen LogP contribution in [0.3, 0.4) is 0 Å². The number of aromatic nitrogens is 3. The quantitative estimate of drug-likeness (QED) is 0.209. The molecule has 210 valence electrons. The molecule has 0 amide bonds. The SMILES string of the molecule is c1ccc(-c2nc(-c3ccc(-c4ccc5ccccc5c4)cc3)nc(-c3ccc4c(c3)oc3c5ccccc5ccc43)n2)cc1. The van der Waals surface area contributed by atoms with E-state index < -0.39 is 0 Å². The molecule has 0 N–H and O–H groups in total. The summed E-state index contributed by atoms with van der Waals surface area (Å²) in [5.74, 6) is 1.86. The lowest BCUT2D eigenvalue weighted by atomic mass is 10.00. The maximum Gasteiger partial charge on any atom is 0.164 e. The van der Waals surface area contributed by atoms with Gasteiger partial charge >= 0.3 is 0 Å². The molecule has 0 saturated heterocycles. The largest absolute Gasteiger partial charge is 0.455 e. The third-order valence-corrected chi connectivity index (χ3v) is 8.51. The van der Waals surface area contributed by atoms with E-state index in [2.05, 4.69) is 109 Å². The number of hydrogen-bond acceptors (Lipinski definition) is 4. The Morgan fingerprint density at radius 1 is 0.333 bits per heavy atom. The molecule has 0 aliphatic carbocycles. The molecule has 2 aromatic heterocycles. The molecule has 45 heavy (non-hydrogen) atoms. The van der Waals surface area contributed by atoms with E-state index in [1.54, 1.807) is 0 Å². The fourth-order valence-corrected chi connectivity index (χ4v) is 6.17. The highest BCUT2D eigenvalue weighted by atomic mass is 16.3. The second-order valence-corrected chi connectivity index (χ2v) is 11.3. The van der Waals surface area contributed by atoms with Crippen LogP contribution < -0.4 is 0 Å². The Morgan fingerprint density at radius 3 is 1.69 bits per heavy atom. The van der Waals surface area contributed by atoms with Crippen molar-refractivity contribution >= 4 is 43.5 Å². The number of furan rings is 1. The van der Waals surface area contributed by atoms with Crippen LogP contribution in [0.25, 0.3) is 88.8 Å². The summed E-state index contributed by atoms with van der Waals surface area (Å²) < 4.78 is 6.47. The third-order valence-electron chi connectivity index (χ3n) is 8.51. The Hall–Kier alpha value is -6.13. The molecule has 4 nitrogen and oxygen atoms in total. The molecule has 2 heterocycles. The Morgan fingerprint density at radius 2 is 0.889 bits per heavy atom. The van der Waals surface area contributed by atoms with E-state index >= 15 is 0 Å². The van der Waals surface area contributed by atoms with Crippen molar-refractivity contribution in [2.24, 2.45) is 0 Å². The predicted octanol–water partition coefficient (Wildman–Crippen LogP) is 10.7. The molecular formula is C41H25N3O. The second kappa shape index (κ2) is 10.2. The zero-order valence-electron chi connectivity index (χ0n) is 24.2. The van der Waals surface area contributed by atoms with Crippen LogP contribution in [0.4, 0.5) is 0 Å². The maximum atomic E-state index is 6.47. The van der Waals surface area contributed by atoms with E-state index in [4.69, 9.17) is 19.4 Å². The molecule has 4 heteroatoms. The molecule has 0 unspecified atom stereocenters. The van der Waals surface area contributed by atoms with Crippen molar-refractivity contribution in [1.29, 1.82) is 0 Å². The van der Waals surface area contributed by atoms with E-state index in [1.165, 1.54) is 16.3 Å². The second-order valence-electron chi connectivity index (χ2n) is 11.3. The van der Waals surface area contributed by atoms with Crippen LogP contribution in [-0.2, 0) is 0 Å². The first-order valence-corrected chi connectivity index (χ1v) is 15.0. The molecular weight excluding hydrogens is 550 g/mol. The minimum absolute atomic E-state index is 0.602. The number of fused-ring (bicyclic) bond motifs is 6. The molecule has 0 aliphatic rings. The monoisotopic (exact) mass is 575 g/mol. The smallest absolute Gasteiger partial charge is 0.164 e. The van der Waals surface area contributed by atoms with Gasteiger partial charge in [-0.25, -0.2) is 15.0 Å². The summed E-state index contributed by atoms with van der Waals surface area (Å²) >= 11 is 0. The van der Waals surface area contributed by atoms with E-state index in [1.807, 2.05) is 42.5 Å². The van der Waals surface area contributed by atoms with Crippen molar-refractivity contribution in [2.75, 3.05) is 0 Å². The average molecular weight is 576 g/mol. The fourth-order valence-electron chi connectivity index (χ4n) is 6.17. The highest BCUT2D eigenvalue weighted by Crippen LogP contribution is 2.36. The maximum absolute atomic E-state index is 6.47. The van der Waals surface area contributed by atoms with E-state index in [0.717, 1.165) is 55.0 Å². The van der Waals surface area contributed by atoms with E-state index in [0.29, 0.717) is 17.5 Å². The van der Waals surface area contributed by atoms with Gasteiger partial charge in [0.2, 0.25) is 0 Å². The lowest BCUT2D eigenvalue weighted by molar-refractivity contribution is 0.673. The highest BCUT2D eigenvalue weighted by molar-refractivity contribution is 6.15. The van der Waals surface area contributed by atoms with Crippen molar-refractivity contribution in [3.05, 3.63) is 152 Å². The summed E-state index contributed by atoms with van der Waals surface area (Å²) in [6, 6.07) is 52.3. The molecule has 0 bridgehead atoms. The summed E-state index contributed by atoms with van der Waals surface area (Å²) in [4.78, 5) is 14.9. The van der Waals surface area contributed by atoms with Crippen molar-refractivity contribution in [3.63, 3.8) is 0 Å². The van der Waals surface area contributed by atoms with Crippen molar-refractivity contribution in [1.82, 2.24) is 15.0 Å². The zero-order chi connectivity index (χ0) is 29.7. The van der Waals surface area contributed by atoms with Crippen LogP contribution in [0.5, 0.6) is 0 Å². The standard InChI is InChI=1S/C41H25N3O/c1-2-10-29(11-3-1)39-42-40(30-17-14-27(15-18-30)32-19-16-26-8-4-5-12-31(26)24-32)44-41(43-39)33-21-22-35-36-23-20-28-9-6-7-13-34(28)38(36)45-37(35)25-33/h1-25H. The number of hydrogen-bond donors (Lipinski definition) is 0. The summed E-state index contributed by atoms with van der Waals surface area (Å²) in [7, 11) is 0. The van der Waals surface area contributed by atoms with Gasteiger partial charge in [-0.1, -0.05) is 127 Å². The van der Waals surface area contributed by atoms with Gasteiger partial charge in [0, 0.05) is 32.8 Å². The van der Waals surface area contributed by atoms with E-state index in [-0.39, 0.29) is 0 Å². The van der Waals surface area contributed by atoms with Crippen molar-refractivity contribution in [3.8, 4) is 45.3 Å². The van der Waals surface area contributed by atoms with Gasteiger partial charge in [-0.3, -0.25) is 0 Å². The minimum atomic E-state index is 0.602. The minimum Gasteiger partial charge on any atom is -0.455 e. The first-order valence-electron chi connectivity index (χ1n) is 15.0.